The minimum Gasteiger partial charge on any atom is -0.431 e. The number of halogens is 1. The van der Waals surface area contributed by atoms with Crippen LogP contribution in [0.4, 0.5) is 15.9 Å². The van der Waals surface area contributed by atoms with E-state index in [9.17, 15) is 9.18 Å². The van der Waals surface area contributed by atoms with E-state index in [-0.39, 0.29) is 24.9 Å². The molecule has 0 aliphatic carbocycles. The highest BCUT2D eigenvalue weighted by atomic mass is 19.1. The molecule has 4 rings (SSSR count). The maximum absolute atomic E-state index is 13.6. The number of morpholine rings is 1. The van der Waals surface area contributed by atoms with Crippen LogP contribution >= 0.6 is 0 Å². The van der Waals surface area contributed by atoms with Crippen molar-refractivity contribution in [2.24, 2.45) is 0 Å². The standard InChI is InChI=1S/C22H24FN5O3/c23-17-3-1-2-15(10-17)13-25-18-11-16(22(30)24-4-7-29)12-19-21(18)27-20(14-26-19)28-5-8-31-9-6-28/h1-3,10-12,14,25,29H,4-9,13H2,(H,24,30)/p+1. The molecule has 0 radical (unpaired) electrons. The Hall–Kier alpha value is -3.30. The molecule has 1 aromatic heterocycles. The van der Waals surface area contributed by atoms with Gasteiger partial charge in [-0.2, -0.15) is 0 Å². The van der Waals surface area contributed by atoms with Gasteiger partial charge in [0.1, 0.15) is 17.2 Å². The molecule has 0 spiro atoms. The molecule has 0 unspecified atom stereocenters. The fourth-order valence-electron chi connectivity index (χ4n) is 3.48. The molecule has 4 N–H and O–H groups in total. The summed E-state index contributed by atoms with van der Waals surface area (Å²) in [7, 11) is 0. The van der Waals surface area contributed by atoms with Crippen molar-refractivity contribution in [2.75, 3.05) is 49.7 Å². The number of fused-ring (bicyclic) bond motifs is 1. The van der Waals surface area contributed by atoms with Gasteiger partial charge in [0.2, 0.25) is 0 Å². The molecule has 1 aliphatic rings. The zero-order valence-electron chi connectivity index (χ0n) is 17.0. The fraction of sp³-hybridized carbons (Fsp3) is 0.318. The van der Waals surface area contributed by atoms with Crippen LogP contribution in [0.1, 0.15) is 15.9 Å². The van der Waals surface area contributed by atoms with Gasteiger partial charge in [0.15, 0.2) is 13.2 Å². The molecule has 8 nitrogen and oxygen atoms in total. The summed E-state index contributed by atoms with van der Waals surface area (Å²) >= 11 is 0. The molecule has 0 bridgehead atoms. The number of carbonyl (C=O) groups is 1. The van der Waals surface area contributed by atoms with E-state index in [2.05, 4.69) is 25.3 Å². The molecular weight excluding hydrogens is 401 g/mol. The number of ether oxygens (including phenoxy) is 1. The lowest BCUT2D eigenvalue weighted by atomic mass is 10.1. The van der Waals surface area contributed by atoms with Gasteiger partial charge in [-0.25, -0.2) is 9.37 Å². The van der Waals surface area contributed by atoms with Crippen LogP contribution in [0.3, 0.4) is 0 Å². The lowest BCUT2D eigenvalue weighted by molar-refractivity contribution is -0.0439. The minimum absolute atomic E-state index is 0.144. The third kappa shape index (κ3) is 5.07. The van der Waals surface area contributed by atoms with Crippen LogP contribution in [0.15, 0.2) is 42.6 Å². The highest BCUT2D eigenvalue weighted by molar-refractivity contribution is 6.01. The zero-order valence-corrected chi connectivity index (χ0v) is 17.0. The van der Waals surface area contributed by atoms with E-state index < -0.39 is 0 Å². The van der Waals surface area contributed by atoms with Crippen LogP contribution in [0.2, 0.25) is 0 Å². The van der Waals surface area contributed by atoms with Crippen molar-refractivity contribution in [2.45, 2.75) is 6.54 Å². The second kappa shape index (κ2) is 9.67. The number of anilines is 2. The second-order valence-corrected chi connectivity index (χ2v) is 7.24. The maximum atomic E-state index is 13.6. The maximum Gasteiger partial charge on any atom is 0.251 e. The van der Waals surface area contributed by atoms with E-state index in [0.29, 0.717) is 28.8 Å². The summed E-state index contributed by atoms with van der Waals surface area (Å²) in [6.07, 6.45) is 1.71. The van der Waals surface area contributed by atoms with Crippen molar-refractivity contribution in [1.29, 1.82) is 0 Å². The van der Waals surface area contributed by atoms with Gasteiger partial charge in [-0.1, -0.05) is 12.1 Å². The van der Waals surface area contributed by atoms with Gasteiger partial charge < -0.3 is 25.4 Å². The first-order valence-electron chi connectivity index (χ1n) is 10.2. The van der Waals surface area contributed by atoms with Crippen LogP contribution in [-0.2, 0) is 6.54 Å². The van der Waals surface area contributed by atoms with Crippen molar-refractivity contribution in [3.63, 3.8) is 0 Å². The second-order valence-electron chi connectivity index (χ2n) is 7.24. The molecular formula is C22H25FN5O3+. The molecule has 0 saturated carbocycles. The smallest absolute Gasteiger partial charge is 0.251 e. The highest BCUT2D eigenvalue weighted by Crippen LogP contribution is 2.26. The third-order valence-corrected chi connectivity index (χ3v) is 5.05. The molecule has 1 amide bonds. The van der Waals surface area contributed by atoms with Crippen LogP contribution in [-0.4, -0.2) is 65.2 Å². The zero-order chi connectivity index (χ0) is 21.6. The van der Waals surface area contributed by atoms with Gasteiger partial charge in [0.25, 0.3) is 5.91 Å². The number of carbonyl (C=O) groups excluding carboxylic acids is 1. The summed E-state index contributed by atoms with van der Waals surface area (Å²) in [6, 6.07) is 9.72. The van der Waals surface area contributed by atoms with Crippen LogP contribution in [0.25, 0.3) is 11.0 Å². The number of nitrogens with zero attached hydrogens (tertiary/aromatic N) is 3. The number of hydrogen-bond acceptors (Lipinski definition) is 6. The van der Waals surface area contributed by atoms with Gasteiger partial charge in [-0.15, -0.1) is 0 Å². The number of hydrogen-bond donors (Lipinski definition) is 3. The molecule has 2 heterocycles. The van der Waals surface area contributed by atoms with Crippen molar-refractivity contribution in [3.8, 4) is 0 Å². The number of aromatic nitrogens is 2. The Kier molecular flexibility index (Phi) is 6.54. The predicted molar refractivity (Wildman–Crippen MR) is 117 cm³/mol. The average molecular weight is 426 g/mol. The summed E-state index contributed by atoms with van der Waals surface area (Å²) in [6.45, 7) is 3.47. The molecule has 9 heteroatoms. The van der Waals surface area contributed by atoms with Gasteiger partial charge in [-0.3, -0.25) is 9.78 Å². The fourth-order valence-corrected chi connectivity index (χ4v) is 3.48. The first-order valence-corrected chi connectivity index (χ1v) is 10.2. The molecule has 1 saturated heterocycles. The van der Waals surface area contributed by atoms with Crippen LogP contribution in [0.5, 0.6) is 0 Å². The van der Waals surface area contributed by atoms with E-state index in [4.69, 9.17) is 10.1 Å². The topological polar surface area (TPSA) is 103 Å². The SMILES string of the molecule is O=C(NCCO)c1cc(NCc2cccc(F)c2)c2nc(N3CC[OH+]CC3)cnc2c1. The van der Waals surface area contributed by atoms with Crippen molar-refractivity contribution < 1.29 is 19.0 Å². The summed E-state index contributed by atoms with van der Waals surface area (Å²) in [5.74, 6) is 0.140. The molecule has 1 aliphatic heterocycles. The molecule has 2 aromatic carbocycles. The molecule has 1 fully saturated rings. The summed E-state index contributed by atoms with van der Waals surface area (Å²) in [4.78, 5) is 24.0. The summed E-state index contributed by atoms with van der Waals surface area (Å²) in [5, 5.41) is 14.9. The van der Waals surface area contributed by atoms with Gasteiger partial charge in [-0.05, 0) is 29.8 Å². The number of benzene rings is 2. The van der Waals surface area contributed by atoms with Gasteiger partial charge in [0.05, 0.1) is 37.1 Å². The van der Waals surface area contributed by atoms with Gasteiger partial charge in [0, 0.05) is 18.7 Å². The van der Waals surface area contributed by atoms with E-state index in [1.807, 2.05) is 6.07 Å². The third-order valence-electron chi connectivity index (χ3n) is 5.05. The molecule has 162 valence electrons. The largest absolute Gasteiger partial charge is 0.431 e. The van der Waals surface area contributed by atoms with Crippen molar-refractivity contribution >= 4 is 28.4 Å². The average Bonchev–Trinajstić information content (AvgIpc) is 2.81. The first-order chi connectivity index (χ1) is 15.1. The number of aliphatic hydroxyl groups is 3. The van der Waals surface area contributed by atoms with Crippen LogP contribution < -0.4 is 15.5 Å². The minimum atomic E-state index is -0.312. The summed E-state index contributed by atoms with van der Waals surface area (Å²) in [5.41, 5.74) is 3.01. The Labute approximate surface area is 179 Å². The Morgan fingerprint density at radius 1 is 1.23 bits per heavy atom. The Balaban J connectivity index is 1.69. The lowest BCUT2D eigenvalue weighted by Gasteiger charge is -2.25. The summed E-state index contributed by atoms with van der Waals surface area (Å²) < 4.78 is 17.9. The van der Waals surface area contributed by atoms with Crippen molar-refractivity contribution in [3.05, 3.63) is 59.5 Å². The first kappa shape index (κ1) is 21.0. The Morgan fingerprint density at radius 2 is 2.06 bits per heavy atom. The normalized spacial score (nSPS) is 13.9. The number of nitrogens with one attached hydrogen (secondary N) is 2. The van der Waals surface area contributed by atoms with Crippen molar-refractivity contribution in [1.82, 2.24) is 15.3 Å². The van der Waals surface area contributed by atoms with E-state index in [1.54, 1.807) is 24.4 Å². The van der Waals surface area contributed by atoms with Gasteiger partial charge >= 0.3 is 0 Å². The predicted octanol–water partition coefficient (Wildman–Crippen LogP) is 1.45. The quantitative estimate of drug-likeness (QED) is 0.494. The Morgan fingerprint density at radius 3 is 2.84 bits per heavy atom. The number of aliphatic hydroxyl groups excluding tert-OH is 1. The van der Waals surface area contributed by atoms with E-state index in [0.717, 1.165) is 37.7 Å². The van der Waals surface area contributed by atoms with Crippen LogP contribution in [0, 0.1) is 5.82 Å². The number of rotatable bonds is 7. The van der Waals surface area contributed by atoms with E-state index >= 15 is 0 Å². The molecule has 31 heavy (non-hydrogen) atoms. The van der Waals surface area contributed by atoms with E-state index in [1.165, 1.54) is 12.1 Å². The molecule has 3 aromatic rings. The number of amides is 1. The lowest BCUT2D eigenvalue weighted by Crippen LogP contribution is -2.38. The molecule has 0 atom stereocenters. The Bertz CT molecular complexity index is 1070. The highest BCUT2D eigenvalue weighted by Gasteiger charge is 2.18. The monoisotopic (exact) mass is 426 g/mol.